The number of amides is 1. The van der Waals surface area contributed by atoms with Gasteiger partial charge in [-0.15, -0.1) is 0 Å². The molecular weight excluding hydrogens is 195 g/mol. The SMILES string of the molecule is CCC1(CC)CN(C(=O)C(F)(F)F)C1. The van der Waals surface area contributed by atoms with E-state index in [1.54, 1.807) is 0 Å². The van der Waals surface area contributed by atoms with Crippen LogP contribution in [0.2, 0.25) is 0 Å². The van der Waals surface area contributed by atoms with Crippen LogP contribution in [0.25, 0.3) is 0 Å². The fourth-order valence-electron chi connectivity index (χ4n) is 1.78. The Labute approximate surface area is 81.1 Å². The van der Waals surface area contributed by atoms with Crippen molar-refractivity contribution in [3.63, 3.8) is 0 Å². The van der Waals surface area contributed by atoms with Crippen LogP contribution in [0, 0.1) is 5.41 Å². The van der Waals surface area contributed by atoms with Crippen molar-refractivity contribution in [2.24, 2.45) is 5.41 Å². The number of hydrogen-bond donors (Lipinski definition) is 0. The summed E-state index contributed by atoms with van der Waals surface area (Å²) in [6, 6.07) is 0. The van der Waals surface area contributed by atoms with Crippen LogP contribution in [0.3, 0.4) is 0 Å². The van der Waals surface area contributed by atoms with Gasteiger partial charge in [0.2, 0.25) is 0 Å². The molecule has 5 heteroatoms. The molecule has 0 bridgehead atoms. The average Bonchev–Trinajstić information content (AvgIpc) is 2.02. The fraction of sp³-hybridized carbons (Fsp3) is 0.889. The predicted molar refractivity (Wildman–Crippen MR) is 45.7 cm³/mol. The molecule has 0 unspecified atom stereocenters. The molecular formula is C9H14F3NO. The Hall–Kier alpha value is -0.740. The Balaban J connectivity index is 2.52. The van der Waals surface area contributed by atoms with Crippen LogP contribution in [-0.4, -0.2) is 30.1 Å². The Morgan fingerprint density at radius 2 is 1.71 bits per heavy atom. The first kappa shape index (κ1) is 11.3. The lowest BCUT2D eigenvalue weighted by atomic mass is 9.75. The molecule has 1 aliphatic rings. The Morgan fingerprint density at radius 3 is 2.00 bits per heavy atom. The van der Waals surface area contributed by atoms with Crippen LogP contribution >= 0.6 is 0 Å². The Morgan fingerprint density at radius 1 is 1.29 bits per heavy atom. The van der Waals surface area contributed by atoms with Gasteiger partial charge in [-0.1, -0.05) is 13.8 Å². The fourth-order valence-corrected chi connectivity index (χ4v) is 1.78. The second-order valence-corrected chi connectivity index (χ2v) is 3.87. The molecule has 1 amide bonds. The molecule has 1 rings (SSSR count). The normalized spacial score (nSPS) is 20.5. The lowest BCUT2D eigenvalue weighted by Gasteiger charge is -2.49. The molecule has 0 aromatic rings. The first-order valence-corrected chi connectivity index (χ1v) is 4.71. The van der Waals surface area contributed by atoms with Crippen LogP contribution in [0.1, 0.15) is 26.7 Å². The van der Waals surface area contributed by atoms with Crippen LogP contribution in [-0.2, 0) is 4.79 Å². The number of carbonyl (C=O) groups is 1. The van der Waals surface area contributed by atoms with Gasteiger partial charge in [-0.25, -0.2) is 0 Å². The highest BCUT2D eigenvalue weighted by Crippen LogP contribution is 2.38. The lowest BCUT2D eigenvalue weighted by molar-refractivity contribution is -0.196. The predicted octanol–water partition coefficient (Wildman–Crippen LogP) is 2.20. The highest BCUT2D eigenvalue weighted by Gasteiger charge is 2.50. The topological polar surface area (TPSA) is 20.3 Å². The van der Waals surface area contributed by atoms with Gasteiger partial charge in [-0.05, 0) is 12.8 Å². The molecule has 1 aliphatic heterocycles. The maximum absolute atomic E-state index is 12.0. The summed E-state index contributed by atoms with van der Waals surface area (Å²) >= 11 is 0. The summed E-state index contributed by atoms with van der Waals surface area (Å²) in [5.74, 6) is -1.70. The third kappa shape index (κ3) is 1.86. The van der Waals surface area contributed by atoms with Crippen LogP contribution < -0.4 is 0 Å². The van der Waals surface area contributed by atoms with Crippen molar-refractivity contribution >= 4 is 5.91 Å². The van der Waals surface area contributed by atoms with E-state index in [-0.39, 0.29) is 18.5 Å². The zero-order valence-corrected chi connectivity index (χ0v) is 8.32. The third-order valence-corrected chi connectivity index (χ3v) is 3.08. The van der Waals surface area contributed by atoms with E-state index in [1.807, 2.05) is 13.8 Å². The number of likely N-dealkylation sites (tertiary alicyclic amines) is 1. The summed E-state index contributed by atoms with van der Waals surface area (Å²) < 4.78 is 36.0. The standard InChI is InChI=1S/C9H14F3NO/c1-3-8(4-2)5-13(6-8)7(14)9(10,11)12/h3-6H2,1-2H3. The van der Waals surface area contributed by atoms with Crippen molar-refractivity contribution in [2.45, 2.75) is 32.9 Å². The molecule has 1 heterocycles. The van der Waals surface area contributed by atoms with E-state index < -0.39 is 12.1 Å². The van der Waals surface area contributed by atoms with Crippen molar-refractivity contribution in [2.75, 3.05) is 13.1 Å². The minimum Gasteiger partial charge on any atom is -0.334 e. The minimum atomic E-state index is -4.71. The van der Waals surface area contributed by atoms with Crippen LogP contribution in [0.15, 0.2) is 0 Å². The summed E-state index contributed by atoms with van der Waals surface area (Å²) in [5.41, 5.74) is -0.0685. The van der Waals surface area contributed by atoms with Gasteiger partial charge in [0.15, 0.2) is 0 Å². The molecule has 82 valence electrons. The average molecular weight is 209 g/mol. The lowest BCUT2D eigenvalue weighted by Crippen LogP contribution is -2.60. The van der Waals surface area contributed by atoms with E-state index in [4.69, 9.17) is 0 Å². The molecule has 0 atom stereocenters. The molecule has 2 nitrogen and oxygen atoms in total. The second kappa shape index (κ2) is 3.44. The number of hydrogen-bond acceptors (Lipinski definition) is 1. The van der Waals surface area contributed by atoms with Crippen molar-refractivity contribution in [3.8, 4) is 0 Å². The summed E-state index contributed by atoms with van der Waals surface area (Å²) in [7, 11) is 0. The van der Waals surface area contributed by atoms with Crippen molar-refractivity contribution in [1.29, 1.82) is 0 Å². The highest BCUT2D eigenvalue weighted by atomic mass is 19.4. The molecule has 0 radical (unpaired) electrons. The largest absolute Gasteiger partial charge is 0.471 e. The van der Waals surface area contributed by atoms with Crippen LogP contribution in [0.5, 0.6) is 0 Å². The summed E-state index contributed by atoms with van der Waals surface area (Å²) in [6.07, 6.45) is -3.07. The molecule has 1 saturated heterocycles. The summed E-state index contributed by atoms with van der Waals surface area (Å²) in [5, 5.41) is 0. The molecule has 0 aliphatic carbocycles. The molecule has 14 heavy (non-hydrogen) atoms. The van der Waals surface area contributed by atoms with Gasteiger partial charge in [0.05, 0.1) is 0 Å². The van der Waals surface area contributed by atoms with E-state index in [0.29, 0.717) is 0 Å². The van der Waals surface area contributed by atoms with Gasteiger partial charge in [0.1, 0.15) is 0 Å². The van der Waals surface area contributed by atoms with Gasteiger partial charge in [0, 0.05) is 18.5 Å². The number of carbonyl (C=O) groups excluding carboxylic acids is 1. The van der Waals surface area contributed by atoms with Crippen LogP contribution in [0.4, 0.5) is 13.2 Å². The quantitative estimate of drug-likeness (QED) is 0.682. The number of alkyl halides is 3. The van der Waals surface area contributed by atoms with E-state index in [1.165, 1.54) is 0 Å². The van der Waals surface area contributed by atoms with E-state index in [9.17, 15) is 18.0 Å². The number of halogens is 3. The highest BCUT2D eigenvalue weighted by molar-refractivity contribution is 5.82. The van der Waals surface area contributed by atoms with Gasteiger partial charge in [-0.2, -0.15) is 13.2 Å². The second-order valence-electron chi connectivity index (χ2n) is 3.87. The maximum atomic E-state index is 12.0. The smallest absolute Gasteiger partial charge is 0.334 e. The summed E-state index contributed by atoms with van der Waals surface area (Å²) in [6.45, 7) is 4.38. The maximum Gasteiger partial charge on any atom is 0.471 e. The molecule has 1 fully saturated rings. The minimum absolute atomic E-state index is 0.0685. The van der Waals surface area contributed by atoms with E-state index in [0.717, 1.165) is 17.7 Å². The monoisotopic (exact) mass is 209 g/mol. The first-order valence-electron chi connectivity index (χ1n) is 4.71. The van der Waals surface area contributed by atoms with Crippen molar-refractivity contribution in [1.82, 2.24) is 4.90 Å². The Kier molecular flexibility index (Phi) is 2.78. The van der Waals surface area contributed by atoms with Gasteiger partial charge >= 0.3 is 12.1 Å². The third-order valence-electron chi connectivity index (χ3n) is 3.08. The van der Waals surface area contributed by atoms with Gasteiger partial charge in [-0.3, -0.25) is 4.79 Å². The zero-order valence-electron chi connectivity index (χ0n) is 8.32. The molecule has 0 saturated carbocycles. The molecule has 0 aromatic heterocycles. The van der Waals surface area contributed by atoms with E-state index in [2.05, 4.69) is 0 Å². The van der Waals surface area contributed by atoms with Crippen molar-refractivity contribution < 1.29 is 18.0 Å². The number of nitrogens with zero attached hydrogens (tertiary/aromatic N) is 1. The van der Waals surface area contributed by atoms with E-state index >= 15 is 0 Å². The first-order chi connectivity index (χ1) is 6.34. The number of rotatable bonds is 2. The molecule has 0 N–H and O–H groups in total. The Bertz CT molecular complexity index is 225. The van der Waals surface area contributed by atoms with Crippen molar-refractivity contribution in [3.05, 3.63) is 0 Å². The zero-order chi connectivity index (χ0) is 11.0. The van der Waals surface area contributed by atoms with Gasteiger partial charge in [0.25, 0.3) is 0 Å². The molecule has 0 aromatic carbocycles. The molecule has 0 spiro atoms. The summed E-state index contributed by atoms with van der Waals surface area (Å²) in [4.78, 5) is 11.6. The van der Waals surface area contributed by atoms with Gasteiger partial charge < -0.3 is 4.90 Å².